The fourth-order valence-electron chi connectivity index (χ4n) is 1.90. The molecule has 1 aliphatic rings. The van der Waals surface area contributed by atoms with E-state index in [0.717, 1.165) is 13.1 Å². The summed E-state index contributed by atoms with van der Waals surface area (Å²) in [5.41, 5.74) is 0.581. The first kappa shape index (κ1) is 12.7. The molecule has 0 spiro atoms. The smallest absolute Gasteiger partial charge is 0.227 e. The van der Waals surface area contributed by atoms with E-state index in [1.165, 1.54) is 13.2 Å². The van der Waals surface area contributed by atoms with Crippen molar-refractivity contribution in [1.82, 2.24) is 5.32 Å². The highest BCUT2D eigenvalue weighted by molar-refractivity contribution is 5.92. The molecule has 1 saturated heterocycles. The largest absolute Gasteiger partial charge is 0.504 e. The lowest BCUT2D eigenvalue weighted by molar-refractivity contribution is -0.121. The summed E-state index contributed by atoms with van der Waals surface area (Å²) in [5.74, 6) is 0.760. The third-order valence-electron chi connectivity index (χ3n) is 3.38. The zero-order chi connectivity index (χ0) is 13.1. The molecule has 5 heteroatoms. The van der Waals surface area contributed by atoms with Crippen LogP contribution in [-0.2, 0) is 4.79 Å². The van der Waals surface area contributed by atoms with E-state index in [0.29, 0.717) is 17.4 Å². The van der Waals surface area contributed by atoms with Gasteiger partial charge in [0.1, 0.15) is 0 Å². The Bertz CT molecular complexity index is 444. The standard InChI is InChI=1S/C13H18N2O3/c1-8(9-6-14-7-9)13(17)15-10-3-4-12(18-2)11(16)5-10/h3-5,8-9,14,16H,6-7H2,1-2H3,(H,15,17). The molecular weight excluding hydrogens is 232 g/mol. The highest BCUT2D eigenvalue weighted by Gasteiger charge is 2.28. The number of rotatable bonds is 4. The molecule has 0 aliphatic carbocycles. The molecular formula is C13H18N2O3. The van der Waals surface area contributed by atoms with E-state index in [4.69, 9.17) is 4.74 Å². The van der Waals surface area contributed by atoms with Crippen LogP contribution in [0.2, 0.25) is 0 Å². The number of aromatic hydroxyl groups is 1. The van der Waals surface area contributed by atoms with E-state index in [1.54, 1.807) is 12.1 Å². The van der Waals surface area contributed by atoms with Crippen molar-refractivity contribution in [1.29, 1.82) is 0 Å². The summed E-state index contributed by atoms with van der Waals surface area (Å²) in [6, 6.07) is 4.82. The van der Waals surface area contributed by atoms with Gasteiger partial charge < -0.3 is 20.5 Å². The second-order valence-electron chi connectivity index (χ2n) is 4.58. The molecule has 3 N–H and O–H groups in total. The fourth-order valence-corrected chi connectivity index (χ4v) is 1.90. The van der Waals surface area contributed by atoms with Crippen molar-refractivity contribution in [3.05, 3.63) is 18.2 Å². The lowest BCUT2D eigenvalue weighted by Gasteiger charge is -2.31. The maximum absolute atomic E-state index is 12.0. The predicted octanol–water partition coefficient (Wildman–Crippen LogP) is 1.19. The molecule has 1 fully saturated rings. The third-order valence-corrected chi connectivity index (χ3v) is 3.38. The van der Waals surface area contributed by atoms with E-state index < -0.39 is 0 Å². The first-order valence-electron chi connectivity index (χ1n) is 6.00. The van der Waals surface area contributed by atoms with Gasteiger partial charge >= 0.3 is 0 Å². The Kier molecular flexibility index (Phi) is 3.72. The van der Waals surface area contributed by atoms with Gasteiger partial charge in [0.25, 0.3) is 0 Å². The van der Waals surface area contributed by atoms with Crippen LogP contribution in [0.25, 0.3) is 0 Å². The Morgan fingerprint density at radius 3 is 2.78 bits per heavy atom. The minimum Gasteiger partial charge on any atom is -0.504 e. The van der Waals surface area contributed by atoms with Gasteiger partial charge in [-0.3, -0.25) is 4.79 Å². The van der Waals surface area contributed by atoms with E-state index in [2.05, 4.69) is 10.6 Å². The molecule has 1 amide bonds. The average Bonchev–Trinajstić information content (AvgIpc) is 2.26. The van der Waals surface area contributed by atoms with E-state index in [9.17, 15) is 9.90 Å². The van der Waals surface area contributed by atoms with Gasteiger partial charge in [0.15, 0.2) is 11.5 Å². The van der Waals surface area contributed by atoms with E-state index >= 15 is 0 Å². The third kappa shape index (κ3) is 2.56. The number of ether oxygens (including phenoxy) is 1. The van der Waals surface area contributed by atoms with Gasteiger partial charge in [-0.25, -0.2) is 0 Å². The van der Waals surface area contributed by atoms with Crippen molar-refractivity contribution in [3.63, 3.8) is 0 Å². The molecule has 1 aromatic carbocycles. The van der Waals surface area contributed by atoms with Gasteiger partial charge in [0.2, 0.25) is 5.91 Å². The fraction of sp³-hybridized carbons (Fsp3) is 0.462. The summed E-state index contributed by atoms with van der Waals surface area (Å²) >= 11 is 0. The highest BCUT2D eigenvalue weighted by atomic mass is 16.5. The summed E-state index contributed by atoms with van der Waals surface area (Å²) in [5, 5.41) is 15.6. The topological polar surface area (TPSA) is 70.6 Å². The van der Waals surface area contributed by atoms with Crippen molar-refractivity contribution in [2.75, 3.05) is 25.5 Å². The molecule has 0 saturated carbocycles. The Balaban J connectivity index is 2.00. The first-order valence-corrected chi connectivity index (χ1v) is 6.00. The lowest BCUT2D eigenvalue weighted by Crippen LogP contribution is -2.48. The number of methoxy groups -OCH3 is 1. The van der Waals surface area contributed by atoms with Crippen molar-refractivity contribution in [3.8, 4) is 11.5 Å². The van der Waals surface area contributed by atoms with Gasteiger partial charge in [-0.15, -0.1) is 0 Å². The summed E-state index contributed by atoms with van der Waals surface area (Å²) in [6.45, 7) is 3.70. The number of carbonyl (C=O) groups excluding carboxylic acids is 1. The van der Waals surface area contributed by atoms with E-state index in [-0.39, 0.29) is 17.6 Å². The minimum atomic E-state index is -0.0319. The number of hydrogen-bond donors (Lipinski definition) is 3. The van der Waals surface area contributed by atoms with Crippen LogP contribution in [0.1, 0.15) is 6.92 Å². The number of anilines is 1. The van der Waals surface area contributed by atoms with Crippen LogP contribution in [-0.4, -0.2) is 31.2 Å². The van der Waals surface area contributed by atoms with Crippen molar-refractivity contribution < 1.29 is 14.6 Å². The number of amides is 1. The molecule has 1 unspecified atom stereocenters. The van der Waals surface area contributed by atoms with Gasteiger partial charge in [0.05, 0.1) is 7.11 Å². The van der Waals surface area contributed by atoms with Crippen molar-refractivity contribution in [2.45, 2.75) is 6.92 Å². The molecule has 1 atom stereocenters. The number of hydrogen-bond acceptors (Lipinski definition) is 4. The zero-order valence-corrected chi connectivity index (χ0v) is 10.6. The van der Waals surface area contributed by atoms with Gasteiger partial charge in [0, 0.05) is 17.7 Å². The Labute approximate surface area is 106 Å². The van der Waals surface area contributed by atoms with Crippen LogP contribution < -0.4 is 15.4 Å². The minimum absolute atomic E-state index is 0.0215. The predicted molar refractivity (Wildman–Crippen MR) is 68.8 cm³/mol. The summed E-state index contributed by atoms with van der Waals surface area (Å²) < 4.78 is 4.95. The molecule has 0 aromatic heterocycles. The molecule has 18 heavy (non-hydrogen) atoms. The zero-order valence-electron chi connectivity index (χ0n) is 10.6. The van der Waals surface area contributed by atoms with E-state index in [1.807, 2.05) is 6.92 Å². The summed E-state index contributed by atoms with van der Waals surface area (Å²) in [6.07, 6.45) is 0. The van der Waals surface area contributed by atoms with Crippen LogP contribution in [0, 0.1) is 11.8 Å². The molecule has 2 rings (SSSR count). The maximum Gasteiger partial charge on any atom is 0.227 e. The molecule has 5 nitrogen and oxygen atoms in total. The summed E-state index contributed by atoms with van der Waals surface area (Å²) in [7, 11) is 1.49. The number of benzene rings is 1. The summed E-state index contributed by atoms with van der Waals surface area (Å²) in [4.78, 5) is 12.0. The second-order valence-corrected chi connectivity index (χ2v) is 4.58. The molecule has 0 bridgehead atoms. The van der Waals surface area contributed by atoms with Crippen LogP contribution in [0.4, 0.5) is 5.69 Å². The Hall–Kier alpha value is -1.75. The number of phenols is 1. The Morgan fingerprint density at radius 2 is 2.28 bits per heavy atom. The van der Waals surface area contributed by atoms with Crippen LogP contribution in [0.5, 0.6) is 11.5 Å². The van der Waals surface area contributed by atoms with Crippen molar-refractivity contribution in [2.24, 2.45) is 11.8 Å². The van der Waals surface area contributed by atoms with Crippen LogP contribution >= 0.6 is 0 Å². The lowest BCUT2D eigenvalue weighted by atomic mass is 9.88. The van der Waals surface area contributed by atoms with Crippen LogP contribution in [0.15, 0.2) is 18.2 Å². The quantitative estimate of drug-likeness (QED) is 0.751. The molecule has 1 heterocycles. The van der Waals surface area contributed by atoms with Crippen LogP contribution in [0.3, 0.4) is 0 Å². The van der Waals surface area contributed by atoms with Gasteiger partial charge in [-0.1, -0.05) is 6.92 Å². The monoisotopic (exact) mass is 250 g/mol. The highest BCUT2D eigenvalue weighted by Crippen LogP contribution is 2.29. The number of phenolic OH excluding ortho intramolecular Hbond substituents is 1. The SMILES string of the molecule is COc1ccc(NC(=O)C(C)C2CNC2)cc1O. The molecule has 98 valence electrons. The Morgan fingerprint density at radius 1 is 1.56 bits per heavy atom. The average molecular weight is 250 g/mol. The second kappa shape index (κ2) is 5.27. The van der Waals surface area contributed by atoms with Gasteiger partial charge in [-0.2, -0.15) is 0 Å². The van der Waals surface area contributed by atoms with Crippen molar-refractivity contribution >= 4 is 11.6 Å². The normalized spacial score (nSPS) is 16.8. The first-order chi connectivity index (χ1) is 8.61. The maximum atomic E-state index is 12.0. The number of nitrogens with one attached hydrogen (secondary N) is 2. The molecule has 0 radical (unpaired) electrons. The molecule has 1 aromatic rings. The van der Waals surface area contributed by atoms with Gasteiger partial charge in [-0.05, 0) is 31.1 Å². The number of carbonyl (C=O) groups is 1. The molecule has 1 aliphatic heterocycles.